The second-order valence-corrected chi connectivity index (χ2v) is 9.61. The van der Waals surface area contributed by atoms with Crippen LogP contribution in [0.2, 0.25) is 0 Å². The summed E-state index contributed by atoms with van der Waals surface area (Å²) in [5.74, 6) is -5.14. The number of halogens is 6. The van der Waals surface area contributed by atoms with E-state index in [-0.39, 0.29) is 11.3 Å². The number of aromatic nitrogens is 1. The average Bonchev–Trinajstić information content (AvgIpc) is 3.35. The van der Waals surface area contributed by atoms with Gasteiger partial charge in [-0.3, -0.25) is 14.7 Å². The number of pyridine rings is 1. The number of carbonyl (C=O) groups excluding carboxylic acids is 1. The summed E-state index contributed by atoms with van der Waals surface area (Å²) in [5.41, 5.74) is 1.47. The molecule has 1 spiro atoms. The first-order valence-corrected chi connectivity index (χ1v) is 12.3. The van der Waals surface area contributed by atoms with Crippen molar-refractivity contribution in [3.63, 3.8) is 0 Å². The number of rotatable bonds is 3. The molecule has 1 atom stereocenters. The number of carboxylic acids is 2. The van der Waals surface area contributed by atoms with E-state index in [0.717, 1.165) is 71.8 Å². The van der Waals surface area contributed by atoms with Crippen LogP contribution in [-0.4, -0.2) is 108 Å². The topological polar surface area (TPSA) is 130 Å². The third-order valence-electron chi connectivity index (χ3n) is 6.57. The highest BCUT2D eigenvalue weighted by atomic mass is 19.4. The SMILES string of the molecule is O=C(C1CCOC1)N1CCC2(CC1)COCCN(Cc1ccncc1)C2.O=C(O)C(F)(F)F.O=C(O)C(F)(F)F. The Bertz CT molecular complexity index is 940. The monoisotopic (exact) mass is 587 g/mol. The molecule has 1 aromatic heterocycles. The Labute approximate surface area is 225 Å². The Morgan fingerprint density at radius 1 is 0.925 bits per heavy atom. The van der Waals surface area contributed by atoms with Crippen molar-refractivity contribution >= 4 is 17.8 Å². The summed E-state index contributed by atoms with van der Waals surface area (Å²) >= 11 is 0. The fourth-order valence-electron chi connectivity index (χ4n) is 4.45. The number of nitrogens with zero attached hydrogens (tertiary/aromatic N) is 3. The Balaban J connectivity index is 0.000000333. The van der Waals surface area contributed by atoms with E-state index in [1.807, 2.05) is 12.4 Å². The molecule has 3 aliphatic heterocycles. The number of amides is 1. The number of likely N-dealkylation sites (tertiary alicyclic amines) is 1. The van der Waals surface area contributed by atoms with Gasteiger partial charge in [-0.15, -0.1) is 0 Å². The maximum absolute atomic E-state index is 12.6. The van der Waals surface area contributed by atoms with Crippen LogP contribution in [0.1, 0.15) is 24.8 Å². The standard InChI is InChI=1S/C20H29N3O3.2C2HF3O2/c24-19(18-3-11-25-14-18)23-8-4-20(5-9-23)15-22(10-12-26-16-20)13-17-1-6-21-7-2-17;2*3-2(4,5)1(6)7/h1-2,6-7,18H,3-5,8-16H2;2*(H,6,7). The molecule has 1 unspecified atom stereocenters. The summed E-state index contributed by atoms with van der Waals surface area (Å²) in [7, 11) is 0. The lowest BCUT2D eigenvalue weighted by molar-refractivity contribution is -0.193. The average molecular weight is 588 g/mol. The smallest absolute Gasteiger partial charge is 0.475 e. The van der Waals surface area contributed by atoms with Gasteiger partial charge in [-0.1, -0.05) is 0 Å². The quantitative estimate of drug-likeness (QED) is 0.513. The van der Waals surface area contributed by atoms with E-state index in [9.17, 15) is 31.1 Å². The fraction of sp³-hybridized carbons (Fsp3) is 0.667. The molecule has 4 rings (SSSR count). The summed E-state index contributed by atoms with van der Waals surface area (Å²) < 4.78 is 74.8. The molecule has 10 nitrogen and oxygen atoms in total. The molecule has 0 bridgehead atoms. The van der Waals surface area contributed by atoms with Crippen molar-refractivity contribution in [1.29, 1.82) is 0 Å². The van der Waals surface area contributed by atoms with Crippen molar-refractivity contribution in [1.82, 2.24) is 14.8 Å². The predicted octanol–water partition coefficient (Wildman–Crippen LogP) is 2.83. The molecule has 3 fully saturated rings. The number of aliphatic carboxylic acids is 2. The van der Waals surface area contributed by atoms with Gasteiger partial charge in [0.2, 0.25) is 5.91 Å². The minimum absolute atomic E-state index is 0.0811. The van der Waals surface area contributed by atoms with Gasteiger partial charge < -0.3 is 24.6 Å². The van der Waals surface area contributed by atoms with Crippen LogP contribution in [0.15, 0.2) is 24.5 Å². The van der Waals surface area contributed by atoms with Gasteiger partial charge >= 0.3 is 24.3 Å². The number of hydrogen-bond donors (Lipinski definition) is 2. The third kappa shape index (κ3) is 10.9. The van der Waals surface area contributed by atoms with Crippen LogP contribution >= 0.6 is 0 Å². The first-order chi connectivity index (χ1) is 18.6. The molecule has 2 N–H and O–H groups in total. The Morgan fingerprint density at radius 2 is 1.48 bits per heavy atom. The molecule has 0 aliphatic carbocycles. The summed E-state index contributed by atoms with van der Waals surface area (Å²) in [6, 6.07) is 4.17. The van der Waals surface area contributed by atoms with Gasteiger partial charge in [0.25, 0.3) is 0 Å². The van der Waals surface area contributed by atoms with Crippen molar-refractivity contribution in [2.75, 3.05) is 52.6 Å². The molecule has 226 valence electrons. The first-order valence-electron chi connectivity index (χ1n) is 12.3. The lowest BCUT2D eigenvalue weighted by atomic mass is 9.78. The molecule has 3 saturated heterocycles. The van der Waals surface area contributed by atoms with Crippen molar-refractivity contribution in [3.8, 4) is 0 Å². The molecule has 0 saturated carbocycles. The van der Waals surface area contributed by atoms with Crippen LogP contribution in [0.5, 0.6) is 0 Å². The van der Waals surface area contributed by atoms with Crippen LogP contribution in [0.25, 0.3) is 0 Å². The highest BCUT2D eigenvalue weighted by molar-refractivity contribution is 5.79. The summed E-state index contributed by atoms with van der Waals surface area (Å²) in [6.45, 7) is 7.58. The van der Waals surface area contributed by atoms with E-state index < -0.39 is 24.3 Å². The number of carboxylic acid groups (broad SMARTS) is 2. The third-order valence-corrected chi connectivity index (χ3v) is 6.57. The number of piperidine rings is 1. The van der Waals surface area contributed by atoms with Crippen LogP contribution in [0.4, 0.5) is 26.3 Å². The maximum Gasteiger partial charge on any atom is 0.490 e. The van der Waals surface area contributed by atoms with Crippen LogP contribution in [-0.2, 0) is 30.4 Å². The normalized spacial score (nSPS) is 21.4. The summed E-state index contributed by atoms with van der Waals surface area (Å²) in [4.78, 5) is 39.1. The molecular formula is C24H31F6N3O7. The second-order valence-electron chi connectivity index (χ2n) is 9.61. The molecule has 16 heteroatoms. The van der Waals surface area contributed by atoms with Crippen molar-refractivity contribution in [2.24, 2.45) is 11.3 Å². The zero-order valence-corrected chi connectivity index (χ0v) is 21.4. The number of hydrogen-bond acceptors (Lipinski definition) is 7. The Kier molecular flexibility index (Phi) is 12.1. The van der Waals surface area contributed by atoms with Crippen LogP contribution in [0.3, 0.4) is 0 Å². The molecule has 0 aromatic carbocycles. The van der Waals surface area contributed by atoms with E-state index in [0.29, 0.717) is 12.5 Å². The van der Waals surface area contributed by atoms with Crippen molar-refractivity contribution < 1.29 is 60.4 Å². The molecule has 3 aliphatic rings. The molecule has 0 radical (unpaired) electrons. The molecule has 4 heterocycles. The molecular weight excluding hydrogens is 556 g/mol. The van der Waals surface area contributed by atoms with E-state index >= 15 is 0 Å². The largest absolute Gasteiger partial charge is 0.490 e. The minimum Gasteiger partial charge on any atom is -0.475 e. The van der Waals surface area contributed by atoms with Crippen molar-refractivity contribution in [3.05, 3.63) is 30.1 Å². The Morgan fingerprint density at radius 3 is 1.95 bits per heavy atom. The summed E-state index contributed by atoms with van der Waals surface area (Å²) in [6.07, 6.45) is -3.52. The lowest BCUT2D eigenvalue weighted by Crippen LogP contribution is -2.50. The first kappa shape index (κ1) is 33.2. The zero-order chi connectivity index (χ0) is 30.0. The van der Waals surface area contributed by atoms with Gasteiger partial charge in [-0.05, 0) is 37.0 Å². The summed E-state index contributed by atoms with van der Waals surface area (Å²) in [5, 5.41) is 14.2. The van der Waals surface area contributed by atoms with Gasteiger partial charge in [-0.25, -0.2) is 9.59 Å². The number of carbonyl (C=O) groups is 3. The second kappa shape index (κ2) is 14.6. The van der Waals surface area contributed by atoms with Gasteiger partial charge in [0, 0.05) is 57.1 Å². The van der Waals surface area contributed by atoms with Gasteiger partial charge in [-0.2, -0.15) is 26.3 Å². The van der Waals surface area contributed by atoms with Crippen molar-refractivity contribution in [2.45, 2.75) is 38.2 Å². The lowest BCUT2D eigenvalue weighted by Gasteiger charge is -2.43. The van der Waals surface area contributed by atoms with E-state index in [1.165, 1.54) is 5.56 Å². The number of ether oxygens (including phenoxy) is 2. The van der Waals surface area contributed by atoms with Gasteiger partial charge in [0.1, 0.15) is 0 Å². The minimum atomic E-state index is -5.08. The van der Waals surface area contributed by atoms with E-state index in [1.54, 1.807) is 0 Å². The predicted molar refractivity (Wildman–Crippen MR) is 125 cm³/mol. The zero-order valence-electron chi connectivity index (χ0n) is 21.4. The molecule has 1 aromatic rings. The fourth-order valence-corrected chi connectivity index (χ4v) is 4.45. The van der Waals surface area contributed by atoms with E-state index in [2.05, 4.69) is 26.9 Å². The van der Waals surface area contributed by atoms with Crippen LogP contribution in [0, 0.1) is 11.3 Å². The number of alkyl halides is 6. The molecule has 40 heavy (non-hydrogen) atoms. The van der Waals surface area contributed by atoms with E-state index in [4.69, 9.17) is 29.3 Å². The highest BCUT2D eigenvalue weighted by Gasteiger charge is 2.41. The van der Waals surface area contributed by atoms with Gasteiger partial charge in [0.05, 0.1) is 25.7 Å². The van der Waals surface area contributed by atoms with Gasteiger partial charge in [0.15, 0.2) is 0 Å². The Hall–Kier alpha value is -2.98. The maximum atomic E-state index is 12.6. The van der Waals surface area contributed by atoms with Crippen LogP contribution < -0.4 is 0 Å². The highest BCUT2D eigenvalue weighted by Crippen LogP contribution is 2.35. The molecule has 1 amide bonds.